The Labute approximate surface area is 139 Å². The van der Waals surface area contributed by atoms with Crippen molar-refractivity contribution in [2.75, 3.05) is 0 Å². The van der Waals surface area contributed by atoms with E-state index in [1.165, 1.54) is 0 Å². The van der Waals surface area contributed by atoms with Crippen molar-refractivity contribution in [3.8, 4) is 11.4 Å². The number of nitrogens with one attached hydrogen (secondary N) is 1. The number of para-hydroxylation sites is 1. The molecule has 0 aliphatic carbocycles. The van der Waals surface area contributed by atoms with E-state index in [0.29, 0.717) is 12.0 Å². The minimum absolute atomic E-state index is 0.164. The van der Waals surface area contributed by atoms with Gasteiger partial charge in [-0.25, -0.2) is 4.68 Å². The van der Waals surface area contributed by atoms with Crippen LogP contribution in [-0.4, -0.2) is 25.1 Å². The maximum absolute atomic E-state index is 11.3. The van der Waals surface area contributed by atoms with E-state index in [2.05, 4.69) is 15.3 Å². The Morgan fingerprint density at radius 3 is 2.67 bits per heavy atom. The number of aryl methyl sites for hydroxylation is 2. The molecule has 0 saturated carbocycles. The number of nitrogens with zero attached hydrogens (tertiary/aromatic N) is 3. The number of aromatic hydroxyl groups is 1. The summed E-state index contributed by atoms with van der Waals surface area (Å²) in [5, 5.41) is 18.0. The number of benzene rings is 1. The van der Waals surface area contributed by atoms with Gasteiger partial charge in [-0.2, -0.15) is 0 Å². The summed E-state index contributed by atoms with van der Waals surface area (Å²) in [6.07, 6.45) is 8.02. The molecule has 0 saturated heterocycles. The van der Waals surface area contributed by atoms with Gasteiger partial charge in [-0.1, -0.05) is 29.8 Å². The Morgan fingerprint density at radius 2 is 1.83 bits per heavy atom. The van der Waals surface area contributed by atoms with Crippen LogP contribution in [0.1, 0.15) is 30.5 Å². The van der Waals surface area contributed by atoms with Crippen LogP contribution in [0.3, 0.4) is 0 Å². The number of hydrogen-bond acceptors (Lipinski definition) is 4. The first-order valence-electron chi connectivity index (χ1n) is 8.10. The highest BCUT2D eigenvalue weighted by Crippen LogP contribution is 2.14. The molecule has 2 aromatic heterocycles. The Balaban J connectivity index is 1.45. The molecule has 0 amide bonds. The maximum Gasteiger partial charge on any atom is 0.290 e. The second kappa shape index (κ2) is 7.59. The summed E-state index contributed by atoms with van der Waals surface area (Å²) in [5.41, 5.74) is 2.25. The molecule has 0 fully saturated rings. The van der Waals surface area contributed by atoms with Gasteiger partial charge < -0.3 is 10.1 Å². The number of H-pyrrole nitrogens is 1. The van der Waals surface area contributed by atoms with Gasteiger partial charge in [0.1, 0.15) is 0 Å². The Morgan fingerprint density at radius 1 is 1.04 bits per heavy atom. The topological polar surface area (TPSA) is 83.8 Å². The molecule has 2 N–H and O–H groups in total. The first-order chi connectivity index (χ1) is 11.7. The van der Waals surface area contributed by atoms with Gasteiger partial charge in [-0.3, -0.25) is 4.79 Å². The zero-order valence-corrected chi connectivity index (χ0v) is 13.4. The molecule has 3 rings (SSSR count). The molecule has 124 valence electrons. The van der Waals surface area contributed by atoms with Crippen molar-refractivity contribution in [2.24, 2.45) is 0 Å². The largest absolute Gasteiger partial charge is 0.503 e. The number of pyridine rings is 1. The highest BCUT2D eigenvalue weighted by molar-refractivity contribution is 5.30. The van der Waals surface area contributed by atoms with Gasteiger partial charge in [0.15, 0.2) is 5.75 Å². The number of aromatic nitrogens is 4. The molecule has 1 aromatic carbocycles. The highest BCUT2D eigenvalue weighted by Gasteiger charge is 2.05. The average Bonchev–Trinajstić information content (AvgIpc) is 3.08. The third-order valence-corrected chi connectivity index (χ3v) is 3.96. The van der Waals surface area contributed by atoms with Crippen molar-refractivity contribution in [3.63, 3.8) is 0 Å². The number of hydrogen-bond donors (Lipinski definition) is 2. The molecule has 6 nitrogen and oxygen atoms in total. The zero-order chi connectivity index (χ0) is 16.8. The second-order valence-electron chi connectivity index (χ2n) is 5.73. The monoisotopic (exact) mass is 324 g/mol. The minimum atomic E-state index is -0.426. The summed E-state index contributed by atoms with van der Waals surface area (Å²) >= 11 is 0. The maximum atomic E-state index is 11.3. The third kappa shape index (κ3) is 3.90. The predicted molar refractivity (Wildman–Crippen MR) is 91.3 cm³/mol. The van der Waals surface area contributed by atoms with E-state index in [4.69, 9.17) is 0 Å². The summed E-state index contributed by atoms with van der Waals surface area (Å²) in [7, 11) is 0. The SMILES string of the molecule is O=c1[nH]ccc(CCCCCc2cn(-c3ccccc3)nn2)c1O. The van der Waals surface area contributed by atoms with Crippen molar-refractivity contribution in [3.05, 3.63) is 70.4 Å². The third-order valence-electron chi connectivity index (χ3n) is 3.96. The van der Waals surface area contributed by atoms with Crippen LogP contribution in [-0.2, 0) is 12.8 Å². The highest BCUT2D eigenvalue weighted by atomic mass is 16.3. The summed E-state index contributed by atoms with van der Waals surface area (Å²) in [4.78, 5) is 13.8. The van der Waals surface area contributed by atoms with Crippen LogP contribution < -0.4 is 5.56 Å². The fourth-order valence-corrected chi connectivity index (χ4v) is 2.63. The lowest BCUT2D eigenvalue weighted by molar-refractivity contribution is 0.457. The van der Waals surface area contributed by atoms with Gasteiger partial charge in [0, 0.05) is 11.8 Å². The van der Waals surface area contributed by atoms with E-state index in [1.54, 1.807) is 16.9 Å². The fraction of sp³-hybridized carbons (Fsp3) is 0.278. The zero-order valence-electron chi connectivity index (χ0n) is 13.4. The summed E-state index contributed by atoms with van der Waals surface area (Å²) in [5.74, 6) is -0.164. The van der Waals surface area contributed by atoms with E-state index in [9.17, 15) is 9.90 Å². The Bertz CT molecular complexity index is 839. The molecule has 0 aliphatic rings. The van der Waals surface area contributed by atoms with Crippen LogP contribution in [0.5, 0.6) is 5.75 Å². The van der Waals surface area contributed by atoms with Crippen molar-refractivity contribution >= 4 is 0 Å². The van der Waals surface area contributed by atoms with Gasteiger partial charge in [-0.05, 0) is 43.9 Å². The molecular formula is C18H20N4O2. The number of aromatic amines is 1. The first kappa shape index (κ1) is 16.0. The Kier molecular flexibility index (Phi) is 5.05. The molecule has 0 unspecified atom stereocenters. The summed E-state index contributed by atoms with van der Waals surface area (Å²) in [6, 6.07) is 11.7. The van der Waals surface area contributed by atoms with Crippen molar-refractivity contribution in [1.29, 1.82) is 0 Å². The lowest BCUT2D eigenvalue weighted by Gasteiger charge is -2.03. The lowest BCUT2D eigenvalue weighted by Crippen LogP contribution is -2.06. The lowest BCUT2D eigenvalue weighted by atomic mass is 10.1. The van der Waals surface area contributed by atoms with Crippen LogP contribution in [0, 0.1) is 0 Å². The van der Waals surface area contributed by atoms with Gasteiger partial charge >= 0.3 is 0 Å². The van der Waals surface area contributed by atoms with Crippen molar-refractivity contribution in [1.82, 2.24) is 20.0 Å². The molecule has 3 aromatic rings. The predicted octanol–water partition coefficient (Wildman–Crippen LogP) is 2.62. The Hall–Kier alpha value is -2.89. The fourth-order valence-electron chi connectivity index (χ4n) is 2.63. The van der Waals surface area contributed by atoms with Crippen LogP contribution >= 0.6 is 0 Å². The normalized spacial score (nSPS) is 10.8. The molecule has 0 bridgehead atoms. The molecule has 2 heterocycles. The first-order valence-corrected chi connectivity index (χ1v) is 8.10. The van der Waals surface area contributed by atoms with Gasteiger partial charge in [0.05, 0.1) is 17.6 Å². The van der Waals surface area contributed by atoms with Crippen molar-refractivity contribution < 1.29 is 5.11 Å². The standard InChI is InChI=1S/C18H20N4O2/c23-17-14(11-12-19-18(17)24)7-3-1-4-8-15-13-22(21-20-15)16-9-5-2-6-10-16/h2,5-6,9-13,23H,1,3-4,7-8H2,(H,19,24). The number of rotatable bonds is 7. The second-order valence-corrected chi connectivity index (χ2v) is 5.73. The molecular weight excluding hydrogens is 304 g/mol. The molecule has 0 atom stereocenters. The van der Waals surface area contributed by atoms with Crippen LogP contribution in [0.25, 0.3) is 5.69 Å². The summed E-state index contributed by atoms with van der Waals surface area (Å²) in [6.45, 7) is 0. The van der Waals surface area contributed by atoms with Crippen LogP contribution in [0.2, 0.25) is 0 Å². The van der Waals surface area contributed by atoms with Crippen molar-refractivity contribution in [2.45, 2.75) is 32.1 Å². The van der Waals surface area contributed by atoms with Crippen LogP contribution in [0.15, 0.2) is 53.6 Å². The quantitative estimate of drug-likeness (QED) is 0.654. The van der Waals surface area contributed by atoms with E-state index in [-0.39, 0.29) is 5.75 Å². The molecule has 0 spiro atoms. The molecule has 0 aliphatic heterocycles. The average molecular weight is 324 g/mol. The molecule has 24 heavy (non-hydrogen) atoms. The van der Waals surface area contributed by atoms with Gasteiger partial charge in [-0.15, -0.1) is 5.10 Å². The smallest absolute Gasteiger partial charge is 0.290 e. The van der Waals surface area contributed by atoms with E-state index in [1.807, 2.05) is 36.5 Å². The van der Waals surface area contributed by atoms with Gasteiger partial charge in [0.2, 0.25) is 0 Å². The van der Waals surface area contributed by atoms with Gasteiger partial charge in [0.25, 0.3) is 5.56 Å². The summed E-state index contributed by atoms with van der Waals surface area (Å²) < 4.78 is 1.78. The van der Waals surface area contributed by atoms with Crippen LogP contribution in [0.4, 0.5) is 0 Å². The minimum Gasteiger partial charge on any atom is -0.503 e. The molecule has 6 heteroatoms. The van der Waals surface area contributed by atoms with E-state index >= 15 is 0 Å². The molecule has 0 radical (unpaired) electrons. The van der Waals surface area contributed by atoms with E-state index in [0.717, 1.165) is 37.1 Å². The van der Waals surface area contributed by atoms with E-state index < -0.39 is 5.56 Å². The number of unbranched alkanes of at least 4 members (excludes halogenated alkanes) is 2.